The first-order chi connectivity index (χ1) is 7.33. The minimum absolute atomic E-state index is 0.453. The van der Waals surface area contributed by atoms with E-state index in [1.807, 2.05) is 5.38 Å². The van der Waals surface area contributed by atoms with Gasteiger partial charge < -0.3 is 9.47 Å². The van der Waals surface area contributed by atoms with Crippen molar-refractivity contribution in [1.29, 1.82) is 0 Å². The summed E-state index contributed by atoms with van der Waals surface area (Å²) in [5, 5.41) is 3.23. The van der Waals surface area contributed by atoms with Crippen LogP contribution in [0.25, 0.3) is 10.2 Å². The molecule has 0 spiro atoms. The third-order valence-corrected chi connectivity index (χ3v) is 3.13. The highest BCUT2D eigenvalue weighted by Crippen LogP contribution is 2.33. The van der Waals surface area contributed by atoms with E-state index in [9.17, 15) is 0 Å². The molecule has 0 atom stereocenters. The molecular weight excluding hydrogens is 236 g/mol. The molecule has 0 aliphatic heterocycles. The Morgan fingerprint density at radius 2 is 2.27 bits per heavy atom. The number of aromatic nitrogens is 2. The fourth-order valence-corrected chi connectivity index (χ4v) is 2.26. The molecule has 0 fully saturated rings. The number of methoxy groups -OCH3 is 1. The number of nitrogens with zero attached hydrogens (tertiary/aromatic N) is 2. The number of halogens is 1. The van der Waals surface area contributed by atoms with Crippen LogP contribution in [0, 0.1) is 0 Å². The number of thiophene rings is 1. The first kappa shape index (κ1) is 10.6. The van der Waals surface area contributed by atoms with E-state index in [0.29, 0.717) is 24.1 Å². The van der Waals surface area contributed by atoms with Crippen LogP contribution in [-0.4, -0.2) is 30.3 Å². The van der Waals surface area contributed by atoms with Crippen LogP contribution in [0.5, 0.6) is 5.88 Å². The van der Waals surface area contributed by atoms with Gasteiger partial charge >= 0.3 is 0 Å². The number of hydrogen-bond donors (Lipinski definition) is 0. The predicted molar refractivity (Wildman–Crippen MR) is 59.8 cm³/mol. The molecule has 0 N–H and O–H groups in total. The molecule has 0 unspecified atom stereocenters. The molecule has 2 heterocycles. The lowest BCUT2D eigenvalue weighted by molar-refractivity contribution is 0.144. The second kappa shape index (κ2) is 4.74. The molecule has 0 saturated carbocycles. The van der Waals surface area contributed by atoms with E-state index < -0.39 is 0 Å². The average Bonchev–Trinajstić information content (AvgIpc) is 2.62. The van der Waals surface area contributed by atoms with Crippen molar-refractivity contribution in [3.05, 3.63) is 16.7 Å². The van der Waals surface area contributed by atoms with Gasteiger partial charge in [-0.1, -0.05) is 11.6 Å². The molecule has 6 heteroatoms. The van der Waals surface area contributed by atoms with Crippen LogP contribution in [0.2, 0.25) is 5.02 Å². The quantitative estimate of drug-likeness (QED) is 0.775. The minimum Gasteiger partial charge on any atom is -0.475 e. The number of rotatable bonds is 4. The summed E-state index contributed by atoms with van der Waals surface area (Å²) in [6.45, 7) is 0.974. The van der Waals surface area contributed by atoms with Gasteiger partial charge in [-0.05, 0) is 0 Å². The maximum atomic E-state index is 6.01. The summed E-state index contributed by atoms with van der Waals surface area (Å²) in [5.74, 6) is 0.517. The Kier molecular flexibility index (Phi) is 3.35. The Morgan fingerprint density at radius 1 is 1.40 bits per heavy atom. The van der Waals surface area contributed by atoms with E-state index in [0.717, 1.165) is 10.2 Å². The van der Waals surface area contributed by atoms with Crippen LogP contribution in [0.1, 0.15) is 0 Å². The van der Waals surface area contributed by atoms with Crippen LogP contribution in [0.3, 0.4) is 0 Å². The highest BCUT2D eigenvalue weighted by molar-refractivity contribution is 7.17. The molecule has 0 saturated heterocycles. The Hall–Kier alpha value is -0.910. The lowest BCUT2D eigenvalue weighted by atomic mass is 10.4. The van der Waals surface area contributed by atoms with E-state index >= 15 is 0 Å². The summed E-state index contributed by atoms with van der Waals surface area (Å²) < 4.78 is 10.3. The Bertz CT molecular complexity index is 460. The first-order valence-corrected chi connectivity index (χ1v) is 5.58. The van der Waals surface area contributed by atoms with Crippen molar-refractivity contribution in [3.63, 3.8) is 0 Å². The molecule has 0 aliphatic rings. The monoisotopic (exact) mass is 244 g/mol. The minimum atomic E-state index is 0.453. The van der Waals surface area contributed by atoms with Gasteiger partial charge in [-0.3, -0.25) is 0 Å². The largest absolute Gasteiger partial charge is 0.475 e. The molecule has 80 valence electrons. The van der Waals surface area contributed by atoms with Crippen molar-refractivity contribution in [2.45, 2.75) is 0 Å². The number of hydrogen-bond acceptors (Lipinski definition) is 5. The van der Waals surface area contributed by atoms with E-state index in [2.05, 4.69) is 9.97 Å². The zero-order valence-corrected chi connectivity index (χ0v) is 9.64. The van der Waals surface area contributed by atoms with Gasteiger partial charge in [0.05, 0.1) is 17.0 Å². The summed E-state index contributed by atoms with van der Waals surface area (Å²) in [5.41, 5.74) is 0. The standard InChI is InChI=1S/C9H9ClN2O2S/c1-13-2-3-14-8-7-6(10)4-15-9(7)12-5-11-8/h4-5H,2-3H2,1H3. The third-order valence-electron chi connectivity index (χ3n) is 1.82. The van der Waals surface area contributed by atoms with Gasteiger partial charge in [-0.2, -0.15) is 0 Å². The third kappa shape index (κ3) is 2.19. The lowest BCUT2D eigenvalue weighted by Crippen LogP contribution is -2.05. The molecule has 4 nitrogen and oxygen atoms in total. The molecule has 0 aromatic carbocycles. The zero-order chi connectivity index (χ0) is 10.7. The van der Waals surface area contributed by atoms with Crippen LogP contribution in [0.4, 0.5) is 0 Å². The lowest BCUT2D eigenvalue weighted by Gasteiger charge is -2.04. The molecule has 0 amide bonds. The molecule has 0 aliphatic carbocycles. The summed E-state index contributed by atoms with van der Waals surface area (Å²) >= 11 is 7.48. The van der Waals surface area contributed by atoms with Crippen molar-refractivity contribution >= 4 is 33.2 Å². The summed E-state index contributed by atoms with van der Waals surface area (Å²) in [6, 6.07) is 0. The van der Waals surface area contributed by atoms with Crippen molar-refractivity contribution in [2.75, 3.05) is 20.3 Å². The highest BCUT2D eigenvalue weighted by Gasteiger charge is 2.10. The highest BCUT2D eigenvalue weighted by atomic mass is 35.5. The fourth-order valence-electron chi connectivity index (χ4n) is 1.15. The molecular formula is C9H9ClN2O2S. The van der Waals surface area contributed by atoms with Gasteiger partial charge in [-0.15, -0.1) is 11.3 Å². The SMILES string of the molecule is COCCOc1ncnc2scc(Cl)c12. The first-order valence-electron chi connectivity index (χ1n) is 4.32. The van der Waals surface area contributed by atoms with Gasteiger partial charge in [-0.25, -0.2) is 9.97 Å². The predicted octanol–water partition coefficient (Wildman–Crippen LogP) is 2.37. The van der Waals surface area contributed by atoms with Gasteiger partial charge in [0.15, 0.2) is 0 Å². The van der Waals surface area contributed by atoms with Gasteiger partial charge in [0, 0.05) is 12.5 Å². The molecule has 0 bridgehead atoms. The Balaban J connectivity index is 2.29. The maximum Gasteiger partial charge on any atom is 0.226 e. The fraction of sp³-hybridized carbons (Fsp3) is 0.333. The van der Waals surface area contributed by atoms with Crippen LogP contribution >= 0.6 is 22.9 Å². The van der Waals surface area contributed by atoms with Crippen molar-refractivity contribution in [2.24, 2.45) is 0 Å². The van der Waals surface area contributed by atoms with Gasteiger partial charge in [0.1, 0.15) is 17.8 Å². The van der Waals surface area contributed by atoms with Crippen LogP contribution < -0.4 is 4.74 Å². The average molecular weight is 245 g/mol. The molecule has 15 heavy (non-hydrogen) atoms. The van der Waals surface area contributed by atoms with Gasteiger partial charge in [0.25, 0.3) is 0 Å². The smallest absolute Gasteiger partial charge is 0.226 e. The van der Waals surface area contributed by atoms with Crippen LogP contribution in [-0.2, 0) is 4.74 Å². The second-order valence-corrected chi connectivity index (χ2v) is 4.05. The van der Waals surface area contributed by atoms with E-state index in [1.165, 1.54) is 17.7 Å². The Labute approximate surface area is 95.8 Å². The van der Waals surface area contributed by atoms with E-state index in [-0.39, 0.29) is 0 Å². The maximum absolute atomic E-state index is 6.01. The molecule has 2 aromatic heterocycles. The number of ether oxygens (including phenoxy) is 2. The van der Waals surface area contributed by atoms with Crippen LogP contribution in [0.15, 0.2) is 11.7 Å². The van der Waals surface area contributed by atoms with Gasteiger partial charge in [0.2, 0.25) is 5.88 Å². The summed E-state index contributed by atoms with van der Waals surface area (Å²) in [7, 11) is 1.62. The van der Waals surface area contributed by atoms with Crippen molar-refractivity contribution in [3.8, 4) is 5.88 Å². The zero-order valence-electron chi connectivity index (χ0n) is 8.07. The second-order valence-electron chi connectivity index (χ2n) is 2.78. The summed E-state index contributed by atoms with van der Waals surface area (Å²) in [6.07, 6.45) is 1.47. The Morgan fingerprint density at radius 3 is 3.07 bits per heavy atom. The van der Waals surface area contributed by atoms with Crippen molar-refractivity contribution in [1.82, 2.24) is 9.97 Å². The molecule has 0 radical (unpaired) electrons. The molecule has 2 rings (SSSR count). The normalized spacial score (nSPS) is 10.8. The summed E-state index contributed by atoms with van der Waals surface area (Å²) in [4.78, 5) is 8.98. The van der Waals surface area contributed by atoms with Crippen molar-refractivity contribution < 1.29 is 9.47 Å². The topological polar surface area (TPSA) is 44.2 Å². The van der Waals surface area contributed by atoms with E-state index in [4.69, 9.17) is 21.1 Å². The molecule has 2 aromatic rings. The number of fused-ring (bicyclic) bond motifs is 1. The van der Waals surface area contributed by atoms with E-state index in [1.54, 1.807) is 7.11 Å².